The standard InChI is InChI=1S/C17H19N5O4/c1-4-13(17(24)26-5-2)21-10-18-15-14(16(21)23)19-20-22(15)11-7-6-8-12(9-11)25-3/h6-10,13H,4-5H2,1-3H3/t13-/m1/s1. The van der Waals surface area contributed by atoms with Crippen LogP contribution in [-0.4, -0.2) is 44.2 Å². The molecule has 0 fully saturated rings. The lowest BCUT2D eigenvalue weighted by atomic mass is 10.2. The summed E-state index contributed by atoms with van der Waals surface area (Å²) in [5.41, 5.74) is 0.606. The molecule has 0 saturated carbocycles. The van der Waals surface area contributed by atoms with Crippen molar-refractivity contribution in [3.05, 3.63) is 40.9 Å². The number of rotatable bonds is 6. The van der Waals surface area contributed by atoms with Gasteiger partial charge in [-0.2, -0.15) is 4.68 Å². The zero-order valence-corrected chi connectivity index (χ0v) is 14.7. The van der Waals surface area contributed by atoms with Crippen molar-refractivity contribution in [1.29, 1.82) is 0 Å². The summed E-state index contributed by atoms with van der Waals surface area (Å²) >= 11 is 0. The quantitative estimate of drug-likeness (QED) is 0.616. The van der Waals surface area contributed by atoms with Crippen LogP contribution in [0.15, 0.2) is 35.4 Å². The van der Waals surface area contributed by atoms with Crippen molar-refractivity contribution in [3.8, 4) is 11.4 Å². The molecule has 0 aliphatic carbocycles. The van der Waals surface area contributed by atoms with Crippen molar-refractivity contribution in [2.24, 2.45) is 0 Å². The molecule has 0 aliphatic heterocycles. The topological polar surface area (TPSA) is 101 Å². The van der Waals surface area contributed by atoms with E-state index >= 15 is 0 Å². The number of hydrogen-bond donors (Lipinski definition) is 0. The van der Waals surface area contributed by atoms with Crippen molar-refractivity contribution >= 4 is 17.1 Å². The van der Waals surface area contributed by atoms with Crippen LogP contribution in [0.2, 0.25) is 0 Å². The molecule has 0 bridgehead atoms. The van der Waals surface area contributed by atoms with Crippen molar-refractivity contribution in [2.75, 3.05) is 13.7 Å². The van der Waals surface area contributed by atoms with Gasteiger partial charge in [-0.3, -0.25) is 9.36 Å². The number of carbonyl (C=O) groups is 1. The third kappa shape index (κ3) is 3.03. The Labute approximate surface area is 149 Å². The Kier molecular flexibility index (Phi) is 4.97. The zero-order chi connectivity index (χ0) is 18.7. The van der Waals surface area contributed by atoms with Crippen LogP contribution >= 0.6 is 0 Å². The van der Waals surface area contributed by atoms with Gasteiger partial charge in [0.25, 0.3) is 5.56 Å². The van der Waals surface area contributed by atoms with E-state index in [0.29, 0.717) is 23.5 Å². The van der Waals surface area contributed by atoms with Gasteiger partial charge < -0.3 is 9.47 Å². The molecule has 2 heterocycles. The first kappa shape index (κ1) is 17.6. The number of methoxy groups -OCH3 is 1. The van der Waals surface area contributed by atoms with Gasteiger partial charge in [-0.1, -0.05) is 18.2 Å². The highest BCUT2D eigenvalue weighted by molar-refractivity contribution is 5.75. The summed E-state index contributed by atoms with van der Waals surface area (Å²) in [6.07, 6.45) is 1.73. The van der Waals surface area contributed by atoms with Gasteiger partial charge in [-0.25, -0.2) is 9.78 Å². The number of benzene rings is 1. The molecule has 3 rings (SSSR count). The predicted octanol–water partition coefficient (Wildman–Crippen LogP) is 1.50. The molecule has 26 heavy (non-hydrogen) atoms. The summed E-state index contributed by atoms with van der Waals surface area (Å²) in [6.45, 7) is 3.76. The zero-order valence-electron chi connectivity index (χ0n) is 14.7. The largest absolute Gasteiger partial charge is 0.497 e. The van der Waals surface area contributed by atoms with Crippen LogP contribution in [0.25, 0.3) is 16.9 Å². The maximum atomic E-state index is 12.8. The Hall–Kier alpha value is -3.23. The van der Waals surface area contributed by atoms with E-state index in [9.17, 15) is 9.59 Å². The second kappa shape index (κ2) is 7.34. The maximum Gasteiger partial charge on any atom is 0.329 e. The average Bonchev–Trinajstić information content (AvgIpc) is 3.09. The molecule has 0 N–H and O–H groups in total. The van der Waals surface area contributed by atoms with E-state index in [2.05, 4.69) is 15.3 Å². The van der Waals surface area contributed by atoms with Gasteiger partial charge in [0, 0.05) is 6.07 Å². The molecule has 0 spiro atoms. The molecule has 3 aromatic rings. The Bertz CT molecular complexity index is 994. The lowest BCUT2D eigenvalue weighted by Gasteiger charge is -2.15. The molecule has 9 heteroatoms. The van der Waals surface area contributed by atoms with Crippen molar-refractivity contribution in [3.63, 3.8) is 0 Å². The number of esters is 1. The van der Waals surface area contributed by atoms with Gasteiger partial charge in [-0.15, -0.1) is 5.10 Å². The fraction of sp³-hybridized carbons (Fsp3) is 0.353. The van der Waals surface area contributed by atoms with E-state index in [1.54, 1.807) is 45.2 Å². The molecule has 0 radical (unpaired) electrons. The lowest BCUT2D eigenvalue weighted by molar-refractivity contribution is -0.147. The minimum Gasteiger partial charge on any atom is -0.497 e. The monoisotopic (exact) mass is 357 g/mol. The summed E-state index contributed by atoms with van der Waals surface area (Å²) in [6, 6.07) is 6.42. The van der Waals surface area contributed by atoms with Crippen LogP contribution in [0.5, 0.6) is 5.75 Å². The molecule has 0 saturated heterocycles. The highest BCUT2D eigenvalue weighted by atomic mass is 16.5. The summed E-state index contributed by atoms with van der Waals surface area (Å²) < 4.78 is 12.9. The van der Waals surface area contributed by atoms with Gasteiger partial charge in [0.1, 0.15) is 18.1 Å². The van der Waals surface area contributed by atoms with Gasteiger partial charge >= 0.3 is 5.97 Å². The van der Waals surface area contributed by atoms with Crippen LogP contribution < -0.4 is 10.3 Å². The Morgan fingerprint density at radius 3 is 2.81 bits per heavy atom. The van der Waals surface area contributed by atoms with E-state index in [4.69, 9.17) is 9.47 Å². The van der Waals surface area contributed by atoms with Crippen LogP contribution in [0.4, 0.5) is 0 Å². The maximum absolute atomic E-state index is 12.8. The number of nitrogens with zero attached hydrogens (tertiary/aromatic N) is 5. The molecule has 136 valence electrons. The number of aromatic nitrogens is 5. The third-order valence-electron chi connectivity index (χ3n) is 3.97. The Morgan fingerprint density at radius 1 is 1.31 bits per heavy atom. The molecule has 0 unspecified atom stereocenters. The average molecular weight is 357 g/mol. The number of hydrogen-bond acceptors (Lipinski definition) is 7. The minimum absolute atomic E-state index is 0.0815. The molecule has 9 nitrogen and oxygen atoms in total. The van der Waals surface area contributed by atoms with Crippen LogP contribution in [0.3, 0.4) is 0 Å². The Morgan fingerprint density at radius 2 is 2.12 bits per heavy atom. The summed E-state index contributed by atoms with van der Waals surface area (Å²) in [7, 11) is 1.57. The van der Waals surface area contributed by atoms with E-state index in [0.717, 1.165) is 0 Å². The number of ether oxygens (including phenoxy) is 2. The molecule has 0 aliphatic rings. The van der Waals surface area contributed by atoms with Gasteiger partial charge in [0.2, 0.25) is 0 Å². The van der Waals surface area contributed by atoms with E-state index < -0.39 is 17.6 Å². The summed E-state index contributed by atoms with van der Waals surface area (Å²) in [5, 5.41) is 7.99. The third-order valence-corrected chi connectivity index (χ3v) is 3.97. The van der Waals surface area contributed by atoms with Crippen LogP contribution in [0, 0.1) is 0 Å². The van der Waals surface area contributed by atoms with E-state index in [-0.39, 0.29) is 12.1 Å². The van der Waals surface area contributed by atoms with Gasteiger partial charge in [0.15, 0.2) is 11.2 Å². The summed E-state index contributed by atoms with van der Waals surface area (Å²) in [4.78, 5) is 29.2. The highest BCUT2D eigenvalue weighted by Gasteiger charge is 2.23. The number of fused-ring (bicyclic) bond motifs is 1. The van der Waals surface area contributed by atoms with Gasteiger partial charge in [0.05, 0.1) is 19.4 Å². The first-order valence-corrected chi connectivity index (χ1v) is 8.24. The molecular formula is C17H19N5O4. The SMILES string of the molecule is CCOC(=O)[C@@H](CC)n1cnc2c(nnn2-c2cccc(OC)c2)c1=O. The fourth-order valence-electron chi connectivity index (χ4n) is 2.68. The molecule has 2 aromatic heterocycles. The first-order valence-electron chi connectivity index (χ1n) is 8.24. The smallest absolute Gasteiger partial charge is 0.329 e. The Balaban J connectivity index is 2.09. The second-order valence-corrected chi connectivity index (χ2v) is 5.51. The second-order valence-electron chi connectivity index (χ2n) is 5.51. The molecular weight excluding hydrogens is 338 g/mol. The predicted molar refractivity (Wildman–Crippen MR) is 93.4 cm³/mol. The first-order chi connectivity index (χ1) is 12.6. The van der Waals surface area contributed by atoms with E-state index in [1.165, 1.54) is 15.6 Å². The highest BCUT2D eigenvalue weighted by Crippen LogP contribution is 2.18. The fourth-order valence-corrected chi connectivity index (χ4v) is 2.68. The summed E-state index contributed by atoms with van der Waals surface area (Å²) in [5.74, 6) is 0.172. The molecule has 0 amide bonds. The van der Waals surface area contributed by atoms with E-state index in [1.807, 2.05) is 0 Å². The van der Waals surface area contributed by atoms with Gasteiger partial charge in [-0.05, 0) is 25.5 Å². The number of carbonyl (C=O) groups excluding carboxylic acids is 1. The van der Waals surface area contributed by atoms with Crippen molar-refractivity contribution in [1.82, 2.24) is 24.5 Å². The lowest BCUT2D eigenvalue weighted by Crippen LogP contribution is -2.31. The van der Waals surface area contributed by atoms with Crippen LogP contribution in [0.1, 0.15) is 26.3 Å². The van der Waals surface area contributed by atoms with Crippen molar-refractivity contribution < 1.29 is 14.3 Å². The molecule has 1 atom stereocenters. The minimum atomic E-state index is -0.749. The molecule has 1 aromatic carbocycles. The van der Waals surface area contributed by atoms with Crippen LogP contribution in [-0.2, 0) is 9.53 Å². The normalized spacial score (nSPS) is 12.1. The van der Waals surface area contributed by atoms with Crippen molar-refractivity contribution in [2.45, 2.75) is 26.3 Å².